The Balaban J connectivity index is 1.63. The molecule has 0 aliphatic carbocycles. The van der Waals surface area contributed by atoms with Gasteiger partial charge in [0.15, 0.2) is 0 Å². The van der Waals surface area contributed by atoms with E-state index in [9.17, 15) is 4.79 Å². The molecule has 2 aromatic rings. The summed E-state index contributed by atoms with van der Waals surface area (Å²) in [7, 11) is 0. The number of hydrogen-bond acceptors (Lipinski definition) is 3. The van der Waals surface area contributed by atoms with Crippen LogP contribution in [0.15, 0.2) is 53.0 Å². The highest BCUT2D eigenvalue weighted by atomic mass is 79.9. The maximum atomic E-state index is 11.0. The molecule has 0 atom stereocenters. The van der Waals surface area contributed by atoms with Crippen molar-refractivity contribution in [1.29, 1.82) is 0 Å². The Morgan fingerprint density at radius 2 is 1.78 bits per heavy atom. The van der Waals surface area contributed by atoms with Gasteiger partial charge >= 0.3 is 5.97 Å². The first-order chi connectivity index (χ1) is 11.1. The Bertz CT molecular complexity index is 628. The van der Waals surface area contributed by atoms with E-state index in [0.717, 1.165) is 12.8 Å². The Morgan fingerprint density at radius 1 is 1.04 bits per heavy atom. The third-order valence-electron chi connectivity index (χ3n) is 3.18. The molecule has 0 heterocycles. The molecule has 0 saturated carbocycles. The minimum absolute atomic E-state index is 0.209. The van der Waals surface area contributed by atoms with Gasteiger partial charge in [0, 0.05) is 11.1 Å². The molecule has 0 aromatic heterocycles. The van der Waals surface area contributed by atoms with Crippen LogP contribution >= 0.6 is 15.9 Å². The average molecular weight is 379 g/mol. The second-order valence-corrected chi connectivity index (χ2v) is 5.99. The first-order valence-corrected chi connectivity index (χ1v) is 8.23. The number of unbranched alkanes of at least 4 members (excludes halogenated alkanes) is 1. The van der Waals surface area contributed by atoms with E-state index in [1.54, 1.807) is 12.1 Å². The standard InChI is InChI=1S/C18H19BrO4/c19-16-10-15(18(20)21)11-17(12-16)23-9-5-4-8-22-13-14-6-2-1-3-7-14/h1-3,6-7,10-12H,4-5,8-9,13H2,(H,20,21). The predicted molar refractivity (Wildman–Crippen MR) is 91.9 cm³/mol. The number of aromatic carboxylic acids is 1. The van der Waals surface area contributed by atoms with Gasteiger partial charge in [0.25, 0.3) is 0 Å². The summed E-state index contributed by atoms with van der Waals surface area (Å²) in [5, 5.41) is 9.00. The van der Waals surface area contributed by atoms with Crippen LogP contribution in [0.1, 0.15) is 28.8 Å². The molecular weight excluding hydrogens is 360 g/mol. The molecule has 2 rings (SSSR count). The predicted octanol–water partition coefficient (Wildman–Crippen LogP) is 4.52. The van der Waals surface area contributed by atoms with Gasteiger partial charge in [-0.3, -0.25) is 0 Å². The van der Waals surface area contributed by atoms with Gasteiger partial charge in [-0.1, -0.05) is 46.3 Å². The van der Waals surface area contributed by atoms with E-state index in [0.29, 0.717) is 30.0 Å². The average Bonchev–Trinajstić information content (AvgIpc) is 2.54. The number of hydrogen-bond donors (Lipinski definition) is 1. The van der Waals surface area contributed by atoms with Crippen LogP contribution in [0.3, 0.4) is 0 Å². The van der Waals surface area contributed by atoms with Crippen LogP contribution in [0.25, 0.3) is 0 Å². The fourth-order valence-electron chi connectivity index (χ4n) is 2.03. The van der Waals surface area contributed by atoms with Gasteiger partial charge in [-0.25, -0.2) is 4.79 Å². The molecule has 23 heavy (non-hydrogen) atoms. The summed E-state index contributed by atoms with van der Waals surface area (Å²) in [5.41, 5.74) is 1.37. The molecule has 1 N–H and O–H groups in total. The van der Waals surface area contributed by atoms with E-state index < -0.39 is 5.97 Å². The smallest absolute Gasteiger partial charge is 0.335 e. The van der Waals surface area contributed by atoms with Crippen molar-refractivity contribution in [2.75, 3.05) is 13.2 Å². The molecule has 0 bridgehead atoms. The highest BCUT2D eigenvalue weighted by molar-refractivity contribution is 9.10. The van der Waals surface area contributed by atoms with Crippen molar-refractivity contribution in [2.24, 2.45) is 0 Å². The third kappa shape index (κ3) is 6.42. The molecule has 2 aromatic carbocycles. The summed E-state index contributed by atoms with van der Waals surface area (Å²) in [6.07, 6.45) is 1.75. The number of carbonyl (C=O) groups is 1. The zero-order valence-electron chi connectivity index (χ0n) is 12.7. The van der Waals surface area contributed by atoms with Crippen molar-refractivity contribution in [3.05, 3.63) is 64.1 Å². The summed E-state index contributed by atoms with van der Waals surface area (Å²) in [4.78, 5) is 11.0. The van der Waals surface area contributed by atoms with Gasteiger partial charge in [-0.15, -0.1) is 0 Å². The van der Waals surface area contributed by atoms with Gasteiger partial charge in [-0.05, 0) is 36.6 Å². The lowest BCUT2D eigenvalue weighted by Gasteiger charge is -2.08. The largest absolute Gasteiger partial charge is 0.494 e. The van der Waals surface area contributed by atoms with Crippen LogP contribution in [0.4, 0.5) is 0 Å². The summed E-state index contributed by atoms with van der Waals surface area (Å²) in [6, 6.07) is 14.9. The van der Waals surface area contributed by atoms with Crippen molar-refractivity contribution in [3.63, 3.8) is 0 Å². The highest BCUT2D eigenvalue weighted by Gasteiger charge is 2.06. The lowest BCUT2D eigenvalue weighted by molar-refractivity contribution is 0.0696. The van der Waals surface area contributed by atoms with Crippen molar-refractivity contribution in [3.8, 4) is 5.75 Å². The lowest BCUT2D eigenvalue weighted by Crippen LogP contribution is -2.02. The molecule has 0 saturated heterocycles. The SMILES string of the molecule is O=C(O)c1cc(Br)cc(OCCCCOCc2ccccc2)c1. The first kappa shape index (κ1) is 17.5. The molecule has 5 heteroatoms. The van der Waals surface area contributed by atoms with Gasteiger partial charge in [0.1, 0.15) is 5.75 Å². The molecule has 0 unspecified atom stereocenters. The Labute approximate surface area is 144 Å². The van der Waals surface area contributed by atoms with Crippen molar-refractivity contribution in [1.82, 2.24) is 0 Å². The van der Waals surface area contributed by atoms with E-state index in [-0.39, 0.29) is 5.56 Å². The number of ether oxygens (including phenoxy) is 2. The lowest BCUT2D eigenvalue weighted by atomic mass is 10.2. The number of carboxylic acid groups (broad SMARTS) is 1. The monoisotopic (exact) mass is 378 g/mol. The minimum atomic E-state index is -0.967. The Morgan fingerprint density at radius 3 is 2.52 bits per heavy atom. The molecule has 0 spiro atoms. The van der Waals surface area contributed by atoms with Crippen LogP contribution in [0.5, 0.6) is 5.75 Å². The molecule has 0 amide bonds. The topological polar surface area (TPSA) is 55.8 Å². The normalized spacial score (nSPS) is 10.5. The van der Waals surface area contributed by atoms with E-state index in [1.807, 2.05) is 30.3 Å². The first-order valence-electron chi connectivity index (χ1n) is 7.43. The fourth-order valence-corrected chi connectivity index (χ4v) is 2.50. The Hall–Kier alpha value is -1.85. The van der Waals surface area contributed by atoms with Crippen molar-refractivity contribution < 1.29 is 19.4 Å². The number of carboxylic acids is 1. The Kier molecular flexibility index (Phi) is 7.10. The summed E-state index contributed by atoms with van der Waals surface area (Å²) < 4.78 is 11.9. The maximum absolute atomic E-state index is 11.0. The van der Waals surface area contributed by atoms with Crippen molar-refractivity contribution in [2.45, 2.75) is 19.4 Å². The number of halogens is 1. The maximum Gasteiger partial charge on any atom is 0.335 e. The molecule has 0 fully saturated rings. The van der Waals surface area contributed by atoms with Crippen LogP contribution in [0.2, 0.25) is 0 Å². The number of benzene rings is 2. The summed E-state index contributed by atoms with van der Waals surface area (Å²) >= 11 is 3.28. The van der Waals surface area contributed by atoms with Gasteiger partial charge in [-0.2, -0.15) is 0 Å². The molecule has 0 aliphatic heterocycles. The van der Waals surface area contributed by atoms with Gasteiger partial charge < -0.3 is 14.6 Å². The van der Waals surface area contributed by atoms with E-state index >= 15 is 0 Å². The van der Waals surface area contributed by atoms with Crippen LogP contribution in [0, 0.1) is 0 Å². The second-order valence-electron chi connectivity index (χ2n) is 5.07. The quantitative estimate of drug-likeness (QED) is 0.651. The van der Waals surface area contributed by atoms with E-state index in [1.165, 1.54) is 11.6 Å². The minimum Gasteiger partial charge on any atom is -0.494 e. The molecule has 4 nitrogen and oxygen atoms in total. The van der Waals surface area contributed by atoms with Crippen LogP contribution < -0.4 is 4.74 Å². The zero-order chi connectivity index (χ0) is 16.5. The van der Waals surface area contributed by atoms with Gasteiger partial charge in [0.05, 0.1) is 18.8 Å². The van der Waals surface area contributed by atoms with E-state index in [2.05, 4.69) is 15.9 Å². The highest BCUT2D eigenvalue weighted by Crippen LogP contribution is 2.21. The van der Waals surface area contributed by atoms with Crippen molar-refractivity contribution >= 4 is 21.9 Å². The molecule has 122 valence electrons. The summed E-state index contributed by atoms with van der Waals surface area (Å²) in [5.74, 6) is -0.410. The number of rotatable bonds is 9. The van der Waals surface area contributed by atoms with Gasteiger partial charge in [0.2, 0.25) is 0 Å². The summed E-state index contributed by atoms with van der Waals surface area (Å²) in [6.45, 7) is 1.83. The zero-order valence-corrected chi connectivity index (χ0v) is 14.3. The molecular formula is C18H19BrO4. The van der Waals surface area contributed by atoms with E-state index in [4.69, 9.17) is 14.6 Å². The fraction of sp³-hybridized carbons (Fsp3) is 0.278. The molecule has 0 aliphatic rings. The van der Waals surface area contributed by atoms with Crippen LogP contribution in [-0.2, 0) is 11.3 Å². The molecule has 0 radical (unpaired) electrons. The second kappa shape index (κ2) is 9.33. The van der Waals surface area contributed by atoms with Crippen LogP contribution in [-0.4, -0.2) is 24.3 Å². The third-order valence-corrected chi connectivity index (χ3v) is 3.64.